The Balaban J connectivity index is 3.23. The Hall–Kier alpha value is -2.37. The highest BCUT2D eigenvalue weighted by Crippen LogP contribution is 2.39. The van der Waals surface area contributed by atoms with E-state index in [9.17, 15) is 14.4 Å². The molecule has 0 saturated heterocycles. The highest BCUT2D eigenvalue weighted by molar-refractivity contribution is 5.74. The third kappa shape index (κ3) is 5.86. The quantitative estimate of drug-likeness (QED) is 0.556. The molecule has 6 heteroatoms. The van der Waals surface area contributed by atoms with Crippen molar-refractivity contribution in [2.24, 2.45) is 5.92 Å². The van der Waals surface area contributed by atoms with Crippen molar-refractivity contribution < 1.29 is 29.0 Å². The highest BCUT2D eigenvalue weighted by atomic mass is 16.5. The fourth-order valence-corrected chi connectivity index (χ4v) is 2.94. The summed E-state index contributed by atoms with van der Waals surface area (Å²) in [6, 6.07) is 0. The first kappa shape index (κ1) is 21.7. The number of aliphatic carboxylic acids is 1. The Morgan fingerprint density at radius 1 is 0.885 bits per heavy atom. The second kappa shape index (κ2) is 9.36. The summed E-state index contributed by atoms with van der Waals surface area (Å²) in [4.78, 5) is 33.7. The van der Waals surface area contributed by atoms with Gasteiger partial charge in [0.15, 0.2) is 0 Å². The summed E-state index contributed by atoms with van der Waals surface area (Å²) in [7, 11) is 0. The van der Waals surface area contributed by atoms with Gasteiger partial charge in [0.05, 0.1) is 0 Å². The monoisotopic (exact) mass is 364 g/mol. The molecule has 1 rings (SSSR count). The molecule has 0 aliphatic heterocycles. The van der Waals surface area contributed by atoms with Gasteiger partial charge >= 0.3 is 17.9 Å². The molecule has 1 aromatic rings. The molecule has 0 bridgehead atoms. The molecule has 1 aromatic carbocycles. The largest absolute Gasteiger partial charge is 0.481 e. The second-order valence-corrected chi connectivity index (χ2v) is 6.78. The van der Waals surface area contributed by atoms with Gasteiger partial charge in [-0.15, -0.1) is 0 Å². The van der Waals surface area contributed by atoms with E-state index < -0.39 is 17.9 Å². The minimum atomic E-state index is -0.808. The van der Waals surface area contributed by atoms with Crippen LogP contribution in [-0.4, -0.2) is 23.0 Å². The number of esters is 2. The summed E-state index contributed by atoms with van der Waals surface area (Å²) >= 11 is 0. The van der Waals surface area contributed by atoms with Gasteiger partial charge in [0.2, 0.25) is 0 Å². The molecule has 0 radical (unpaired) electrons. The van der Waals surface area contributed by atoms with E-state index in [1.807, 2.05) is 27.7 Å². The van der Waals surface area contributed by atoms with Crippen molar-refractivity contribution in [3.05, 3.63) is 22.3 Å². The van der Waals surface area contributed by atoms with Gasteiger partial charge in [0.25, 0.3) is 0 Å². The van der Waals surface area contributed by atoms with Crippen LogP contribution in [0, 0.1) is 26.7 Å². The lowest BCUT2D eigenvalue weighted by atomic mass is 9.91. The zero-order chi connectivity index (χ0) is 20.0. The van der Waals surface area contributed by atoms with Crippen molar-refractivity contribution in [1.29, 1.82) is 0 Å². The molecule has 26 heavy (non-hydrogen) atoms. The van der Waals surface area contributed by atoms with Crippen LogP contribution in [0.1, 0.15) is 62.3 Å². The zero-order valence-corrected chi connectivity index (χ0v) is 16.4. The van der Waals surface area contributed by atoms with E-state index in [1.54, 1.807) is 0 Å². The maximum Gasteiger partial charge on any atom is 0.308 e. The summed E-state index contributed by atoms with van der Waals surface area (Å²) in [5.41, 5.74) is 3.11. The smallest absolute Gasteiger partial charge is 0.308 e. The topological polar surface area (TPSA) is 89.9 Å². The Kier molecular flexibility index (Phi) is 7.80. The van der Waals surface area contributed by atoms with Crippen molar-refractivity contribution in [3.63, 3.8) is 0 Å². The summed E-state index contributed by atoms with van der Waals surface area (Å²) in [5, 5.41) is 8.82. The van der Waals surface area contributed by atoms with E-state index >= 15 is 0 Å². The van der Waals surface area contributed by atoms with Gasteiger partial charge < -0.3 is 14.6 Å². The molecule has 6 nitrogen and oxygen atoms in total. The van der Waals surface area contributed by atoms with Gasteiger partial charge in [0.1, 0.15) is 11.5 Å². The predicted molar refractivity (Wildman–Crippen MR) is 97.6 cm³/mol. The zero-order valence-electron chi connectivity index (χ0n) is 16.4. The van der Waals surface area contributed by atoms with Crippen LogP contribution in [0.4, 0.5) is 0 Å². The molecule has 0 saturated carbocycles. The molecule has 1 N–H and O–H groups in total. The lowest BCUT2D eigenvalue weighted by Crippen LogP contribution is -2.13. The summed E-state index contributed by atoms with van der Waals surface area (Å²) in [6.07, 6.45) is 2.05. The molecule has 0 spiro atoms. The van der Waals surface area contributed by atoms with Gasteiger partial charge in [-0.1, -0.05) is 6.92 Å². The number of carbonyl (C=O) groups excluding carboxylic acids is 2. The fraction of sp³-hybridized carbons (Fsp3) is 0.550. The number of carbonyl (C=O) groups is 3. The van der Waals surface area contributed by atoms with Crippen molar-refractivity contribution in [2.45, 2.75) is 67.2 Å². The van der Waals surface area contributed by atoms with Gasteiger partial charge in [-0.3, -0.25) is 14.4 Å². The fourth-order valence-electron chi connectivity index (χ4n) is 2.94. The maximum absolute atomic E-state index is 11.5. The van der Waals surface area contributed by atoms with Gasteiger partial charge in [0, 0.05) is 25.8 Å². The molecule has 0 amide bonds. The Morgan fingerprint density at radius 3 is 1.88 bits per heavy atom. The number of hydrogen-bond acceptors (Lipinski definition) is 5. The van der Waals surface area contributed by atoms with Crippen LogP contribution in [0.25, 0.3) is 0 Å². The molecule has 0 aliphatic carbocycles. The van der Waals surface area contributed by atoms with Crippen LogP contribution in [-0.2, 0) is 20.8 Å². The van der Waals surface area contributed by atoms with E-state index in [2.05, 4.69) is 0 Å². The van der Waals surface area contributed by atoms with E-state index in [0.29, 0.717) is 24.3 Å². The third-order valence-corrected chi connectivity index (χ3v) is 4.54. The number of benzene rings is 1. The number of carboxylic acids is 1. The number of hydrogen-bond donors (Lipinski definition) is 1. The number of carboxylic acid groups (broad SMARTS) is 1. The molecule has 1 unspecified atom stereocenters. The molecule has 0 heterocycles. The molecule has 0 aliphatic rings. The van der Waals surface area contributed by atoms with Crippen LogP contribution in [0.15, 0.2) is 0 Å². The standard InChI is InChI=1S/C20H28O6/c1-11(8-10-18(23)24)7-9-17-14(4)19(25-15(5)21)12(2)13(3)20(17)26-16(6)22/h11H,7-10H2,1-6H3,(H,23,24). The first-order valence-electron chi connectivity index (χ1n) is 8.75. The van der Waals surface area contributed by atoms with Crippen molar-refractivity contribution >= 4 is 17.9 Å². The molecule has 0 fully saturated rings. The van der Waals surface area contributed by atoms with Gasteiger partial charge in [-0.25, -0.2) is 0 Å². The minimum absolute atomic E-state index is 0.128. The van der Waals surface area contributed by atoms with E-state index in [-0.39, 0.29) is 12.3 Å². The highest BCUT2D eigenvalue weighted by Gasteiger charge is 2.22. The normalized spacial score (nSPS) is 11.8. The Labute approximate surface area is 154 Å². The summed E-state index contributed by atoms with van der Waals surface area (Å²) < 4.78 is 10.8. The average Bonchev–Trinajstić information content (AvgIpc) is 2.53. The third-order valence-electron chi connectivity index (χ3n) is 4.54. The van der Waals surface area contributed by atoms with Crippen LogP contribution in [0.5, 0.6) is 11.5 Å². The Morgan fingerprint density at radius 2 is 1.38 bits per heavy atom. The van der Waals surface area contributed by atoms with Crippen LogP contribution in [0.2, 0.25) is 0 Å². The van der Waals surface area contributed by atoms with Crippen molar-refractivity contribution in [2.75, 3.05) is 0 Å². The van der Waals surface area contributed by atoms with Crippen molar-refractivity contribution in [1.82, 2.24) is 0 Å². The summed E-state index contributed by atoms with van der Waals surface area (Å²) in [5.74, 6) is -0.414. The lowest BCUT2D eigenvalue weighted by Gasteiger charge is -2.21. The first-order valence-corrected chi connectivity index (χ1v) is 8.75. The van der Waals surface area contributed by atoms with Crippen LogP contribution in [0.3, 0.4) is 0 Å². The summed E-state index contributed by atoms with van der Waals surface area (Å²) in [6.45, 7) is 10.2. The number of ether oxygens (including phenoxy) is 2. The lowest BCUT2D eigenvalue weighted by molar-refractivity contribution is -0.137. The van der Waals surface area contributed by atoms with E-state index in [1.165, 1.54) is 13.8 Å². The van der Waals surface area contributed by atoms with E-state index in [4.69, 9.17) is 14.6 Å². The van der Waals surface area contributed by atoms with Gasteiger partial charge in [-0.2, -0.15) is 0 Å². The van der Waals surface area contributed by atoms with Gasteiger partial charge in [-0.05, 0) is 62.6 Å². The molecule has 0 aromatic heterocycles. The van der Waals surface area contributed by atoms with Crippen molar-refractivity contribution in [3.8, 4) is 11.5 Å². The molecular formula is C20H28O6. The molecule has 144 valence electrons. The maximum atomic E-state index is 11.5. The average molecular weight is 364 g/mol. The minimum Gasteiger partial charge on any atom is -0.481 e. The van der Waals surface area contributed by atoms with Crippen LogP contribution >= 0.6 is 0 Å². The molecular weight excluding hydrogens is 336 g/mol. The van der Waals surface area contributed by atoms with E-state index in [0.717, 1.165) is 28.7 Å². The predicted octanol–water partition coefficient (Wildman–Crippen LogP) is 3.90. The Bertz CT molecular complexity index is 705. The van der Waals surface area contributed by atoms with Crippen LogP contribution < -0.4 is 9.47 Å². The number of rotatable bonds is 8. The molecule has 1 atom stereocenters. The second-order valence-electron chi connectivity index (χ2n) is 6.78. The SMILES string of the molecule is CC(=O)Oc1c(C)c(C)c(OC(C)=O)c(CCC(C)CCC(=O)O)c1C. The first-order chi connectivity index (χ1) is 12.0.